The van der Waals surface area contributed by atoms with Gasteiger partial charge >= 0.3 is 0 Å². The minimum atomic E-state index is -0.438. The molecule has 0 heterocycles. The molecule has 0 bridgehead atoms. The lowest BCUT2D eigenvalue weighted by molar-refractivity contribution is -0.121. The molecule has 2 aromatic rings. The summed E-state index contributed by atoms with van der Waals surface area (Å²) in [4.78, 5) is 24.2. The maximum Gasteiger partial charge on any atom is 0.163 e. The molecule has 0 atom stereocenters. The molecule has 0 spiro atoms. The molecule has 0 saturated heterocycles. The predicted molar refractivity (Wildman–Crippen MR) is 114 cm³/mol. The third-order valence-corrected chi connectivity index (χ3v) is 4.40. The van der Waals surface area contributed by atoms with Crippen LogP contribution in [0.1, 0.15) is 28.7 Å². The summed E-state index contributed by atoms with van der Waals surface area (Å²) in [5, 5.41) is 38.4. The fourth-order valence-corrected chi connectivity index (χ4v) is 2.79. The standard InChI is InChI=1S/C23H24O8/c1-30-20-9-14(7-16(12-24)22(20)28)3-5-18(26)11-19(27)6-4-15-8-17(13-25)23(29)21(10-15)31-2/h3-10,24-25,28-29H,11-13H2,1-2H3/b5-3+,6-4+. The third kappa shape index (κ3) is 6.18. The van der Waals surface area contributed by atoms with Gasteiger partial charge in [0.15, 0.2) is 34.6 Å². The van der Waals surface area contributed by atoms with Crippen LogP contribution in [0.15, 0.2) is 36.4 Å². The predicted octanol–water partition coefficient (Wildman–Crippen LogP) is 2.35. The van der Waals surface area contributed by atoms with Crippen molar-refractivity contribution in [1.82, 2.24) is 0 Å². The Hall–Kier alpha value is -3.62. The van der Waals surface area contributed by atoms with Gasteiger partial charge in [-0.3, -0.25) is 9.59 Å². The average molecular weight is 428 g/mol. The number of methoxy groups -OCH3 is 2. The van der Waals surface area contributed by atoms with Gasteiger partial charge < -0.3 is 29.9 Å². The van der Waals surface area contributed by atoms with Gasteiger partial charge in [0.05, 0.1) is 33.9 Å². The second kappa shape index (κ2) is 11.0. The Bertz CT molecular complexity index is 889. The molecule has 8 nitrogen and oxygen atoms in total. The molecule has 2 aromatic carbocycles. The van der Waals surface area contributed by atoms with Crippen molar-refractivity contribution in [3.05, 3.63) is 58.7 Å². The number of ether oxygens (including phenoxy) is 2. The van der Waals surface area contributed by atoms with Crippen molar-refractivity contribution < 1.29 is 39.5 Å². The lowest BCUT2D eigenvalue weighted by Crippen LogP contribution is -2.02. The number of aliphatic hydroxyl groups is 2. The summed E-state index contributed by atoms with van der Waals surface area (Å²) in [6.07, 6.45) is 5.01. The molecule has 0 amide bonds. The zero-order valence-corrected chi connectivity index (χ0v) is 17.2. The highest BCUT2D eigenvalue weighted by atomic mass is 16.5. The van der Waals surface area contributed by atoms with E-state index < -0.39 is 24.8 Å². The number of rotatable bonds is 10. The van der Waals surface area contributed by atoms with E-state index in [0.29, 0.717) is 11.1 Å². The first kappa shape index (κ1) is 23.7. The van der Waals surface area contributed by atoms with Crippen molar-refractivity contribution in [2.75, 3.05) is 14.2 Å². The summed E-state index contributed by atoms with van der Waals surface area (Å²) in [5.74, 6) is -0.917. The molecule has 31 heavy (non-hydrogen) atoms. The van der Waals surface area contributed by atoms with Gasteiger partial charge in [0, 0.05) is 11.1 Å². The number of hydrogen-bond acceptors (Lipinski definition) is 8. The quantitative estimate of drug-likeness (QED) is 0.335. The molecule has 0 aromatic heterocycles. The van der Waals surface area contributed by atoms with E-state index in [1.807, 2.05) is 0 Å². The zero-order chi connectivity index (χ0) is 23.0. The van der Waals surface area contributed by atoms with Crippen LogP contribution in [0, 0.1) is 0 Å². The molecular formula is C23H24O8. The molecule has 0 fully saturated rings. The van der Waals surface area contributed by atoms with Crippen LogP contribution in [0.2, 0.25) is 0 Å². The smallest absolute Gasteiger partial charge is 0.163 e. The van der Waals surface area contributed by atoms with Crippen molar-refractivity contribution in [2.24, 2.45) is 0 Å². The fraction of sp³-hybridized carbons (Fsp3) is 0.217. The number of ketones is 2. The number of carbonyl (C=O) groups excluding carboxylic acids is 2. The molecule has 2 rings (SSSR count). The summed E-state index contributed by atoms with van der Waals surface area (Å²) < 4.78 is 10.1. The maximum atomic E-state index is 12.1. The minimum absolute atomic E-state index is 0.157. The fourth-order valence-electron chi connectivity index (χ4n) is 2.79. The number of phenols is 2. The van der Waals surface area contributed by atoms with Crippen LogP contribution >= 0.6 is 0 Å². The van der Waals surface area contributed by atoms with Crippen LogP contribution < -0.4 is 9.47 Å². The number of carbonyl (C=O) groups is 2. The van der Waals surface area contributed by atoms with Crippen LogP contribution in [-0.4, -0.2) is 46.2 Å². The van der Waals surface area contributed by atoms with Gasteiger partial charge in [-0.25, -0.2) is 0 Å². The maximum absolute atomic E-state index is 12.1. The Balaban J connectivity index is 2.07. The number of allylic oxidation sites excluding steroid dienone is 2. The first-order valence-electron chi connectivity index (χ1n) is 9.26. The number of aliphatic hydroxyl groups excluding tert-OH is 2. The summed E-state index contributed by atoms with van der Waals surface area (Å²) in [5.41, 5.74) is 1.53. The van der Waals surface area contributed by atoms with Crippen molar-refractivity contribution >= 4 is 23.7 Å². The van der Waals surface area contributed by atoms with Crippen LogP contribution in [0.4, 0.5) is 0 Å². The molecule has 0 radical (unpaired) electrons. The second-order valence-electron chi connectivity index (χ2n) is 6.55. The van der Waals surface area contributed by atoms with E-state index in [-0.39, 0.29) is 40.5 Å². The average Bonchev–Trinajstić information content (AvgIpc) is 2.77. The van der Waals surface area contributed by atoms with Crippen molar-refractivity contribution in [1.29, 1.82) is 0 Å². The van der Waals surface area contributed by atoms with Crippen LogP contribution in [-0.2, 0) is 22.8 Å². The minimum Gasteiger partial charge on any atom is -0.504 e. The van der Waals surface area contributed by atoms with Gasteiger partial charge in [0.25, 0.3) is 0 Å². The van der Waals surface area contributed by atoms with E-state index in [9.17, 15) is 30.0 Å². The first-order valence-corrected chi connectivity index (χ1v) is 9.26. The highest BCUT2D eigenvalue weighted by Gasteiger charge is 2.11. The summed E-state index contributed by atoms with van der Waals surface area (Å²) >= 11 is 0. The largest absolute Gasteiger partial charge is 0.504 e. The lowest BCUT2D eigenvalue weighted by atomic mass is 10.1. The molecular weight excluding hydrogens is 404 g/mol. The SMILES string of the molecule is COc1cc(/C=C/C(=O)CC(=O)/C=C/c2cc(CO)c(O)c(OC)c2)cc(CO)c1O. The Labute approximate surface area is 179 Å². The molecule has 0 unspecified atom stereocenters. The van der Waals surface area contributed by atoms with Crippen molar-refractivity contribution in [2.45, 2.75) is 19.6 Å². The van der Waals surface area contributed by atoms with Gasteiger partial charge in [-0.2, -0.15) is 0 Å². The summed E-state index contributed by atoms with van der Waals surface area (Å²) in [6, 6.07) is 5.99. The molecule has 164 valence electrons. The number of benzene rings is 2. The lowest BCUT2D eigenvalue weighted by Gasteiger charge is -2.08. The molecule has 8 heteroatoms. The number of hydrogen-bond donors (Lipinski definition) is 4. The van der Waals surface area contributed by atoms with E-state index in [2.05, 4.69) is 0 Å². The highest BCUT2D eigenvalue weighted by molar-refractivity contribution is 6.10. The summed E-state index contributed by atoms with van der Waals surface area (Å²) in [6.45, 7) is -0.803. The van der Waals surface area contributed by atoms with E-state index in [1.165, 1.54) is 62.8 Å². The van der Waals surface area contributed by atoms with E-state index in [0.717, 1.165) is 0 Å². The van der Waals surface area contributed by atoms with Gasteiger partial charge in [0.1, 0.15) is 0 Å². The Morgan fingerprint density at radius 1 is 0.774 bits per heavy atom. The van der Waals surface area contributed by atoms with Gasteiger partial charge in [-0.15, -0.1) is 0 Å². The molecule has 4 N–H and O–H groups in total. The monoisotopic (exact) mass is 428 g/mol. The van der Waals surface area contributed by atoms with E-state index >= 15 is 0 Å². The van der Waals surface area contributed by atoms with Crippen LogP contribution in [0.5, 0.6) is 23.0 Å². The van der Waals surface area contributed by atoms with Gasteiger partial charge in [-0.1, -0.05) is 12.2 Å². The Morgan fingerprint density at radius 3 is 1.48 bits per heavy atom. The van der Waals surface area contributed by atoms with Crippen LogP contribution in [0.25, 0.3) is 12.2 Å². The Morgan fingerprint density at radius 2 is 1.16 bits per heavy atom. The topological polar surface area (TPSA) is 134 Å². The molecule has 0 aliphatic rings. The molecule has 0 saturated carbocycles. The van der Waals surface area contributed by atoms with Crippen LogP contribution in [0.3, 0.4) is 0 Å². The molecule has 0 aliphatic heterocycles. The first-order chi connectivity index (χ1) is 14.8. The normalized spacial score (nSPS) is 11.2. The Kier molecular flexibility index (Phi) is 8.36. The third-order valence-electron chi connectivity index (χ3n) is 4.40. The van der Waals surface area contributed by atoms with Gasteiger partial charge in [-0.05, 0) is 47.5 Å². The van der Waals surface area contributed by atoms with Crippen molar-refractivity contribution in [3.63, 3.8) is 0 Å². The number of aromatic hydroxyl groups is 2. The van der Waals surface area contributed by atoms with E-state index in [4.69, 9.17) is 9.47 Å². The van der Waals surface area contributed by atoms with Crippen molar-refractivity contribution in [3.8, 4) is 23.0 Å². The second-order valence-corrected chi connectivity index (χ2v) is 6.55. The van der Waals surface area contributed by atoms with E-state index in [1.54, 1.807) is 0 Å². The van der Waals surface area contributed by atoms with Gasteiger partial charge in [0.2, 0.25) is 0 Å². The zero-order valence-electron chi connectivity index (χ0n) is 17.2. The molecule has 0 aliphatic carbocycles. The highest BCUT2D eigenvalue weighted by Crippen LogP contribution is 2.33. The summed E-state index contributed by atoms with van der Waals surface area (Å²) in [7, 11) is 2.74.